The smallest absolute Gasteiger partial charge is 0.136 e. The van der Waals surface area contributed by atoms with Gasteiger partial charge in [-0.2, -0.15) is 10.5 Å². The van der Waals surface area contributed by atoms with Crippen LogP contribution in [0, 0.1) is 34.5 Å². The fourth-order valence-electron chi connectivity index (χ4n) is 2.61. The summed E-state index contributed by atoms with van der Waals surface area (Å²) < 4.78 is 0. The zero-order chi connectivity index (χ0) is 9.26. The first-order chi connectivity index (χ1) is 6.33. The van der Waals surface area contributed by atoms with Gasteiger partial charge in [-0.15, -0.1) is 0 Å². The minimum atomic E-state index is -0.384. The topological polar surface area (TPSA) is 59.6 Å². The molecule has 1 N–H and O–H groups in total. The Hall–Kier alpha value is -1.06. The van der Waals surface area contributed by atoms with Crippen molar-refractivity contribution in [3.05, 3.63) is 0 Å². The van der Waals surface area contributed by atoms with Crippen molar-refractivity contribution in [1.82, 2.24) is 5.32 Å². The van der Waals surface area contributed by atoms with Crippen molar-refractivity contribution in [2.75, 3.05) is 0 Å². The SMILES string of the molecule is N#CC(C#N)C1CC2CC[C@@H](C1)N2. The van der Waals surface area contributed by atoms with Crippen molar-refractivity contribution in [3.63, 3.8) is 0 Å². The summed E-state index contributed by atoms with van der Waals surface area (Å²) in [5.74, 6) is -0.0704. The second-order valence-corrected chi connectivity index (χ2v) is 4.11. The predicted octanol–water partition coefficient (Wildman–Crippen LogP) is 1.18. The fraction of sp³-hybridized carbons (Fsp3) is 0.800. The van der Waals surface area contributed by atoms with E-state index in [1.54, 1.807) is 0 Å². The molecule has 2 aliphatic rings. The molecule has 2 fully saturated rings. The van der Waals surface area contributed by atoms with Crippen molar-refractivity contribution in [2.45, 2.75) is 37.8 Å². The number of hydrogen-bond donors (Lipinski definition) is 1. The van der Waals surface area contributed by atoms with E-state index in [0.29, 0.717) is 18.0 Å². The fourth-order valence-corrected chi connectivity index (χ4v) is 2.61. The second kappa shape index (κ2) is 3.36. The molecule has 0 aromatic carbocycles. The van der Waals surface area contributed by atoms with Gasteiger partial charge >= 0.3 is 0 Å². The van der Waals surface area contributed by atoms with Gasteiger partial charge in [0.2, 0.25) is 0 Å². The molecule has 0 aromatic rings. The van der Waals surface area contributed by atoms with E-state index in [0.717, 1.165) is 12.8 Å². The van der Waals surface area contributed by atoms with Gasteiger partial charge in [0, 0.05) is 12.1 Å². The highest BCUT2D eigenvalue weighted by Gasteiger charge is 2.36. The Morgan fingerprint density at radius 2 is 1.62 bits per heavy atom. The van der Waals surface area contributed by atoms with Crippen molar-refractivity contribution in [2.24, 2.45) is 11.8 Å². The summed E-state index contributed by atoms with van der Waals surface area (Å²) in [6, 6.07) is 5.36. The highest BCUT2D eigenvalue weighted by molar-refractivity contribution is 5.06. The largest absolute Gasteiger partial charge is 0.311 e. The van der Waals surface area contributed by atoms with Crippen LogP contribution in [0.4, 0.5) is 0 Å². The number of rotatable bonds is 1. The monoisotopic (exact) mass is 175 g/mol. The third-order valence-electron chi connectivity index (χ3n) is 3.26. The summed E-state index contributed by atoms with van der Waals surface area (Å²) in [4.78, 5) is 0. The van der Waals surface area contributed by atoms with Gasteiger partial charge in [-0.3, -0.25) is 0 Å². The van der Waals surface area contributed by atoms with Crippen LogP contribution in [0.5, 0.6) is 0 Å². The molecule has 13 heavy (non-hydrogen) atoms. The Kier molecular flexibility index (Phi) is 2.20. The molecule has 3 atom stereocenters. The van der Waals surface area contributed by atoms with E-state index in [4.69, 9.17) is 10.5 Å². The van der Waals surface area contributed by atoms with E-state index in [1.807, 2.05) is 0 Å². The Labute approximate surface area is 78.3 Å². The molecule has 0 radical (unpaired) electrons. The van der Waals surface area contributed by atoms with E-state index >= 15 is 0 Å². The molecule has 0 amide bonds. The van der Waals surface area contributed by atoms with Crippen molar-refractivity contribution in [3.8, 4) is 12.1 Å². The van der Waals surface area contributed by atoms with Crippen LogP contribution in [-0.4, -0.2) is 12.1 Å². The number of fused-ring (bicyclic) bond motifs is 2. The summed E-state index contributed by atoms with van der Waals surface area (Å²) >= 11 is 0. The average molecular weight is 175 g/mol. The lowest BCUT2D eigenvalue weighted by Gasteiger charge is -2.29. The summed E-state index contributed by atoms with van der Waals surface area (Å²) in [5, 5.41) is 21.1. The molecular weight excluding hydrogens is 162 g/mol. The first kappa shape index (κ1) is 8.53. The van der Waals surface area contributed by atoms with Gasteiger partial charge in [-0.1, -0.05) is 0 Å². The van der Waals surface area contributed by atoms with Crippen LogP contribution in [0.1, 0.15) is 25.7 Å². The molecule has 2 unspecified atom stereocenters. The maximum absolute atomic E-state index is 8.78. The van der Waals surface area contributed by atoms with E-state index in [2.05, 4.69) is 17.5 Å². The Balaban J connectivity index is 2.03. The minimum Gasteiger partial charge on any atom is -0.311 e. The van der Waals surface area contributed by atoms with Crippen molar-refractivity contribution < 1.29 is 0 Å². The molecule has 3 heteroatoms. The number of nitrogens with zero attached hydrogens (tertiary/aromatic N) is 2. The van der Waals surface area contributed by atoms with Crippen LogP contribution in [-0.2, 0) is 0 Å². The third kappa shape index (κ3) is 1.53. The molecule has 68 valence electrons. The quantitative estimate of drug-likeness (QED) is 0.651. The summed E-state index contributed by atoms with van der Waals surface area (Å²) in [7, 11) is 0. The highest BCUT2D eigenvalue weighted by atomic mass is 15.0. The highest BCUT2D eigenvalue weighted by Crippen LogP contribution is 2.34. The van der Waals surface area contributed by atoms with Crippen LogP contribution in [0.25, 0.3) is 0 Å². The Morgan fingerprint density at radius 3 is 2.08 bits per heavy atom. The molecule has 0 aromatic heterocycles. The lowest BCUT2D eigenvalue weighted by atomic mass is 9.83. The molecule has 2 aliphatic heterocycles. The van der Waals surface area contributed by atoms with Crippen molar-refractivity contribution >= 4 is 0 Å². The van der Waals surface area contributed by atoms with Crippen LogP contribution in [0.3, 0.4) is 0 Å². The van der Waals surface area contributed by atoms with Crippen LogP contribution < -0.4 is 5.32 Å². The first-order valence-corrected chi connectivity index (χ1v) is 4.88. The van der Waals surface area contributed by atoms with E-state index < -0.39 is 0 Å². The number of nitriles is 2. The molecule has 0 aliphatic carbocycles. The van der Waals surface area contributed by atoms with Gasteiger partial charge in [0.25, 0.3) is 0 Å². The zero-order valence-corrected chi connectivity index (χ0v) is 7.53. The Bertz CT molecular complexity index is 247. The van der Waals surface area contributed by atoms with Gasteiger partial charge in [-0.25, -0.2) is 0 Å². The van der Waals surface area contributed by atoms with E-state index in [1.165, 1.54) is 12.8 Å². The predicted molar refractivity (Wildman–Crippen MR) is 47.4 cm³/mol. The maximum atomic E-state index is 8.78. The van der Waals surface area contributed by atoms with Gasteiger partial charge in [0.15, 0.2) is 0 Å². The van der Waals surface area contributed by atoms with Gasteiger partial charge in [-0.05, 0) is 31.6 Å². The lowest BCUT2D eigenvalue weighted by Crippen LogP contribution is -2.39. The maximum Gasteiger partial charge on any atom is 0.136 e. The minimum absolute atomic E-state index is 0.314. The third-order valence-corrected chi connectivity index (χ3v) is 3.26. The summed E-state index contributed by atoms with van der Waals surface area (Å²) in [6.45, 7) is 0. The molecule has 0 spiro atoms. The van der Waals surface area contributed by atoms with Gasteiger partial charge in [0.05, 0.1) is 12.1 Å². The first-order valence-electron chi connectivity index (χ1n) is 4.88. The molecule has 2 heterocycles. The number of nitrogens with one attached hydrogen (secondary N) is 1. The number of hydrogen-bond acceptors (Lipinski definition) is 3. The Morgan fingerprint density at radius 1 is 1.08 bits per heavy atom. The summed E-state index contributed by atoms with van der Waals surface area (Å²) in [6.07, 6.45) is 4.49. The zero-order valence-electron chi connectivity index (χ0n) is 7.53. The van der Waals surface area contributed by atoms with E-state index in [9.17, 15) is 0 Å². The van der Waals surface area contributed by atoms with Gasteiger partial charge < -0.3 is 5.32 Å². The van der Waals surface area contributed by atoms with Crippen LogP contribution >= 0.6 is 0 Å². The molecule has 3 nitrogen and oxygen atoms in total. The lowest BCUT2D eigenvalue weighted by molar-refractivity contribution is 0.275. The number of piperidine rings is 1. The standard InChI is InChI=1S/C10H13N3/c11-5-8(6-12)7-3-9-1-2-10(4-7)13-9/h7-10,13H,1-4H2/t7?,9-,10?/m0/s1. The van der Waals surface area contributed by atoms with Gasteiger partial charge in [0.1, 0.15) is 5.92 Å². The van der Waals surface area contributed by atoms with Crippen molar-refractivity contribution in [1.29, 1.82) is 10.5 Å². The summed E-state index contributed by atoms with van der Waals surface area (Å²) in [5.41, 5.74) is 0. The normalized spacial score (nSPS) is 37.0. The molecule has 2 bridgehead atoms. The van der Waals surface area contributed by atoms with Crippen LogP contribution in [0.2, 0.25) is 0 Å². The van der Waals surface area contributed by atoms with E-state index in [-0.39, 0.29) is 5.92 Å². The average Bonchev–Trinajstić information content (AvgIpc) is 2.48. The second-order valence-electron chi connectivity index (χ2n) is 4.11. The van der Waals surface area contributed by atoms with Crippen LogP contribution in [0.15, 0.2) is 0 Å². The molecular formula is C10H13N3. The molecule has 2 rings (SSSR count). The molecule has 2 saturated heterocycles. The molecule has 0 saturated carbocycles.